The number of pyridine rings is 1. The minimum absolute atomic E-state index is 0.0285. The second kappa shape index (κ2) is 8.20. The van der Waals surface area contributed by atoms with Crippen LogP contribution in [0.15, 0.2) is 47.3 Å². The number of anilines is 1. The van der Waals surface area contributed by atoms with Crippen LogP contribution >= 0.6 is 11.6 Å². The second-order valence-corrected chi connectivity index (χ2v) is 9.01. The Kier molecular flexibility index (Phi) is 5.34. The Balaban J connectivity index is 1.81. The van der Waals surface area contributed by atoms with Crippen LogP contribution in [0.3, 0.4) is 0 Å². The molecule has 0 radical (unpaired) electrons. The number of aromatic nitrogens is 3. The third-order valence-electron chi connectivity index (χ3n) is 6.31. The van der Waals surface area contributed by atoms with Crippen LogP contribution in [-0.4, -0.2) is 44.3 Å². The van der Waals surface area contributed by atoms with E-state index in [0.29, 0.717) is 46.0 Å². The number of aromatic carboxylic acids is 1. The minimum atomic E-state index is -1.03. The van der Waals surface area contributed by atoms with Gasteiger partial charge < -0.3 is 24.9 Å². The van der Waals surface area contributed by atoms with Crippen LogP contribution in [0.25, 0.3) is 21.9 Å². The van der Waals surface area contributed by atoms with Crippen LogP contribution < -0.4 is 16.2 Å². The number of carbonyl (C=O) groups is 1. The highest BCUT2D eigenvalue weighted by Crippen LogP contribution is 2.30. The zero-order valence-electron chi connectivity index (χ0n) is 18.2. The number of imidazole rings is 1. The van der Waals surface area contributed by atoms with E-state index in [9.17, 15) is 14.7 Å². The van der Waals surface area contributed by atoms with E-state index in [4.69, 9.17) is 22.3 Å². The summed E-state index contributed by atoms with van der Waals surface area (Å²) >= 11 is 6.07. The lowest BCUT2D eigenvalue weighted by molar-refractivity contribution is 0.0697. The van der Waals surface area contributed by atoms with Gasteiger partial charge in [-0.2, -0.15) is 0 Å². The number of carboxylic acids is 1. The smallest absolute Gasteiger partial charge is 0.335 e. The Hall–Kier alpha value is -3.36. The molecule has 0 spiro atoms. The Morgan fingerprint density at radius 3 is 2.70 bits per heavy atom. The largest absolute Gasteiger partial charge is 0.478 e. The molecule has 1 saturated heterocycles. The van der Waals surface area contributed by atoms with Gasteiger partial charge in [-0.3, -0.25) is 4.79 Å². The molecule has 0 amide bonds. The van der Waals surface area contributed by atoms with Gasteiger partial charge in [0.15, 0.2) is 0 Å². The van der Waals surface area contributed by atoms with Gasteiger partial charge >= 0.3 is 5.97 Å². The van der Waals surface area contributed by atoms with Crippen LogP contribution in [0, 0.1) is 0 Å². The summed E-state index contributed by atoms with van der Waals surface area (Å²) in [5.74, 6) is -0.359. The summed E-state index contributed by atoms with van der Waals surface area (Å²) in [6, 6.07) is 12.3. The van der Waals surface area contributed by atoms with Crippen molar-refractivity contribution in [2.75, 3.05) is 18.0 Å². The van der Waals surface area contributed by atoms with E-state index in [1.807, 2.05) is 28.8 Å². The maximum atomic E-state index is 13.5. The lowest BCUT2D eigenvalue weighted by atomic mass is 10.1. The first-order chi connectivity index (χ1) is 15.8. The SMILES string of the molecule is Cn1c(=O)c2c(nc(N3CCC[C@@H](N)C3)n2Cc2ccc(Cl)cc2)c2cc(C(=O)O)ccc21. The molecule has 3 heterocycles. The normalized spacial score (nSPS) is 16.6. The van der Waals surface area contributed by atoms with Crippen molar-refractivity contribution in [3.05, 3.63) is 69.0 Å². The maximum Gasteiger partial charge on any atom is 0.335 e. The molecule has 3 N–H and O–H groups in total. The van der Waals surface area contributed by atoms with Crippen molar-refractivity contribution in [1.29, 1.82) is 0 Å². The van der Waals surface area contributed by atoms with Gasteiger partial charge in [0.2, 0.25) is 5.95 Å². The Morgan fingerprint density at radius 1 is 1.24 bits per heavy atom. The molecule has 8 nitrogen and oxygen atoms in total. The van der Waals surface area contributed by atoms with Crippen LogP contribution in [-0.2, 0) is 13.6 Å². The minimum Gasteiger partial charge on any atom is -0.478 e. The number of rotatable bonds is 4. The molecule has 1 fully saturated rings. The predicted molar refractivity (Wildman–Crippen MR) is 129 cm³/mol. The number of halogens is 1. The first kappa shape index (κ1) is 21.5. The number of nitrogens with two attached hydrogens (primary N) is 1. The van der Waals surface area contributed by atoms with Gasteiger partial charge in [0, 0.05) is 36.6 Å². The molecule has 2 aromatic carbocycles. The molecule has 5 rings (SSSR count). The molecule has 9 heteroatoms. The zero-order valence-corrected chi connectivity index (χ0v) is 18.9. The van der Waals surface area contributed by atoms with Crippen molar-refractivity contribution in [3.8, 4) is 0 Å². The molecule has 1 aliphatic rings. The molecular weight excluding hydrogens is 442 g/mol. The molecule has 2 aromatic heterocycles. The molecule has 0 unspecified atom stereocenters. The molecule has 0 aliphatic carbocycles. The van der Waals surface area contributed by atoms with E-state index in [1.54, 1.807) is 23.7 Å². The Morgan fingerprint density at radius 2 is 2.00 bits per heavy atom. The van der Waals surface area contributed by atoms with Crippen molar-refractivity contribution in [1.82, 2.24) is 14.1 Å². The summed E-state index contributed by atoms with van der Waals surface area (Å²) in [6.07, 6.45) is 1.88. The van der Waals surface area contributed by atoms with Gasteiger partial charge in [-0.25, -0.2) is 9.78 Å². The van der Waals surface area contributed by atoms with Gasteiger partial charge in [0.05, 0.1) is 17.6 Å². The van der Waals surface area contributed by atoms with E-state index in [0.717, 1.165) is 24.9 Å². The Bertz CT molecular complexity index is 1440. The number of fused-ring (bicyclic) bond motifs is 3. The van der Waals surface area contributed by atoms with E-state index < -0.39 is 5.97 Å². The zero-order chi connectivity index (χ0) is 23.3. The van der Waals surface area contributed by atoms with Gasteiger partial charge in [0.1, 0.15) is 11.0 Å². The molecule has 0 bridgehead atoms. The quantitative estimate of drug-likeness (QED) is 0.479. The highest BCUT2D eigenvalue weighted by Gasteiger charge is 2.26. The molecule has 1 aliphatic heterocycles. The fourth-order valence-corrected chi connectivity index (χ4v) is 4.75. The summed E-state index contributed by atoms with van der Waals surface area (Å²) < 4.78 is 3.47. The van der Waals surface area contributed by atoms with Crippen molar-refractivity contribution in [2.24, 2.45) is 12.8 Å². The van der Waals surface area contributed by atoms with E-state index in [1.165, 1.54) is 6.07 Å². The second-order valence-electron chi connectivity index (χ2n) is 8.57. The van der Waals surface area contributed by atoms with Gasteiger partial charge in [-0.15, -0.1) is 0 Å². The average molecular weight is 466 g/mol. The number of hydrogen-bond donors (Lipinski definition) is 2. The summed E-state index contributed by atoms with van der Waals surface area (Å²) in [6.45, 7) is 1.85. The first-order valence-corrected chi connectivity index (χ1v) is 11.2. The molecular formula is C24H24ClN5O3. The molecule has 0 saturated carbocycles. The molecule has 170 valence electrons. The molecule has 33 heavy (non-hydrogen) atoms. The third kappa shape index (κ3) is 3.75. The number of carboxylic acid groups (broad SMARTS) is 1. The van der Waals surface area contributed by atoms with Gasteiger partial charge in [-0.1, -0.05) is 23.7 Å². The number of nitrogens with zero attached hydrogens (tertiary/aromatic N) is 4. The van der Waals surface area contributed by atoms with Gasteiger partial charge in [-0.05, 0) is 48.7 Å². The van der Waals surface area contributed by atoms with Crippen molar-refractivity contribution >= 4 is 45.5 Å². The number of aryl methyl sites for hydroxylation is 1. The lowest BCUT2D eigenvalue weighted by Crippen LogP contribution is -2.44. The average Bonchev–Trinajstić information content (AvgIpc) is 3.18. The van der Waals surface area contributed by atoms with Gasteiger partial charge in [0.25, 0.3) is 5.56 Å². The summed E-state index contributed by atoms with van der Waals surface area (Å²) in [4.78, 5) is 32.2. The van der Waals surface area contributed by atoms with Crippen LogP contribution in [0.5, 0.6) is 0 Å². The Labute approximate surface area is 194 Å². The number of hydrogen-bond acceptors (Lipinski definition) is 5. The van der Waals surface area contributed by atoms with E-state index >= 15 is 0 Å². The highest BCUT2D eigenvalue weighted by molar-refractivity contribution is 6.30. The summed E-state index contributed by atoms with van der Waals surface area (Å²) in [5, 5.41) is 10.8. The first-order valence-electron chi connectivity index (χ1n) is 10.8. The van der Waals surface area contributed by atoms with E-state index in [-0.39, 0.29) is 17.2 Å². The van der Waals surface area contributed by atoms with Crippen LogP contribution in [0.1, 0.15) is 28.8 Å². The molecule has 4 aromatic rings. The van der Waals surface area contributed by atoms with Crippen molar-refractivity contribution < 1.29 is 9.90 Å². The fourth-order valence-electron chi connectivity index (χ4n) is 4.62. The van der Waals surface area contributed by atoms with Crippen molar-refractivity contribution in [3.63, 3.8) is 0 Å². The topological polar surface area (TPSA) is 106 Å². The van der Waals surface area contributed by atoms with Crippen LogP contribution in [0.2, 0.25) is 5.02 Å². The number of piperidine rings is 1. The predicted octanol–water partition coefficient (Wildman–Crippen LogP) is 3.22. The monoisotopic (exact) mass is 465 g/mol. The maximum absolute atomic E-state index is 13.5. The molecule has 1 atom stereocenters. The number of benzene rings is 2. The summed E-state index contributed by atoms with van der Waals surface area (Å²) in [5.41, 5.74) is 8.76. The summed E-state index contributed by atoms with van der Waals surface area (Å²) in [7, 11) is 1.70. The third-order valence-corrected chi connectivity index (χ3v) is 6.56. The van der Waals surface area contributed by atoms with Crippen molar-refractivity contribution in [2.45, 2.75) is 25.4 Å². The van der Waals surface area contributed by atoms with E-state index in [2.05, 4.69) is 4.90 Å². The lowest BCUT2D eigenvalue weighted by Gasteiger charge is -2.32. The highest BCUT2D eigenvalue weighted by atomic mass is 35.5. The standard InChI is InChI=1S/C24H24ClN5O3/c1-28-19-9-6-15(23(32)33)11-18(19)20-21(22(28)31)30(12-14-4-7-16(25)8-5-14)24(27-20)29-10-2-3-17(26)13-29/h4-9,11,17H,2-3,10,12-13,26H2,1H3,(H,32,33)/t17-/m1/s1. The fraction of sp³-hybridized carbons (Fsp3) is 0.292. The van der Waals surface area contributed by atoms with Crippen LogP contribution in [0.4, 0.5) is 5.95 Å².